The zero-order valence-electron chi connectivity index (χ0n) is 10.2. The third-order valence-corrected chi connectivity index (χ3v) is 2.62. The van der Waals surface area contributed by atoms with E-state index < -0.39 is 12.7 Å². The second-order valence-electron chi connectivity index (χ2n) is 4.35. The lowest BCUT2D eigenvalue weighted by atomic mass is 10.0. The van der Waals surface area contributed by atoms with E-state index in [1.54, 1.807) is 0 Å². The maximum Gasteiger partial charge on any atom is 0.401 e. The molecule has 0 bridgehead atoms. The van der Waals surface area contributed by atoms with E-state index in [1.165, 1.54) is 11.9 Å². The average Bonchev–Trinajstić information content (AvgIpc) is 2.06. The van der Waals surface area contributed by atoms with E-state index in [-0.39, 0.29) is 24.2 Å². The third kappa shape index (κ3) is 7.03. The monoisotopic (exact) mass is 289 g/mol. The molecule has 0 spiro atoms. The maximum atomic E-state index is 12.0. The number of nitrogens with zero attached hydrogens (tertiary/aromatic N) is 1. The topological polar surface area (TPSA) is 44.4 Å². The van der Waals surface area contributed by atoms with E-state index in [2.05, 4.69) is 10.6 Å². The summed E-state index contributed by atoms with van der Waals surface area (Å²) in [4.78, 5) is 12.6. The van der Waals surface area contributed by atoms with Crippen molar-refractivity contribution < 1.29 is 18.0 Å². The molecule has 0 aliphatic carbocycles. The van der Waals surface area contributed by atoms with Gasteiger partial charge < -0.3 is 10.6 Å². The molecule has 1 aliphatic heterocycles. The molecule has 0 aromatic rings. The van der Waals surface area contributed by atoms with Gasteiger partial charge in [-0.2, -0.15) is 13.2 Å². The zero-order chi connectivity index (χ0) is 12.9. The predicted molar refractivity (Wildman–Crippen MR) is 64.8 cm³/mol. The van der Waals surface area contributed by atoms with Crippen LogP contribution in [0.25, 0.3) is 0 Å². The van der Waals surface area contributed by atoms with Gasteiger partial charge in [0.1, 0.15) is 0 Å². The van der Waals surface area contributed by atoms with Crippen molar-refractivity contribution in [3.63, 3.8) is 0 Å². The molecule has 0 radical (unpaired) electrons. The highest BCUT2D eigenvalue weighted by Crippen LogP contribution is 2.15. The molecule has 4 nitrogen and oxygen atoms in total. The Kier molecular flexibility index (Phi) is 7.58. The van der Waals surface area contributed by atoms with Gasteiger partial charge in [-0.3, -0.25) is 9.69 Å². The highest BCUT2D eigenvalue weighted by molar-refractivity contribution is 5.85. The first-order valence-electron chi connectivity index (χ1n) is 5.62. The first kappa shape index (κ1) is 17.5. The summed E-state index contributed by atoms with van der Waals surface area (Å²) in [5.41, 5.74) is 0. The lowest BCUT2D eigenvalue weighted by Crippen LogP contribution is -2.51. The summed E-state index contributed by atoms with van der Waals surface area (Å²) in [6.45, 7) is 1.23. The Bertz CT molecular complexity index is 259. The Balaban J connectivity index is 0.00000289. The SMILES string of the molecule is CN(CCCNC(=O)C1CNC1)CC(F)(F)F.Cl. The Morgan fingerprint density at radius 1 is 1.44 bits per heavy atom. The number of nitrogens with one attached hydrogen (secondary N) is 2. The number of rotatable bonds is 6. The standard InChI is InChI=1S/C10H18F3N3O.ClH/c1-16(7-10(11,12)13)4-2-3-15-9(17)8-5-14-6-8;/h8,14H,2-7H2,1H3,(H,15,17);1H. The molecule has 0 aromatic carbocycles. The second-order valence-corrected chi connectivity index (χ2v) is 4.35. The van der Waals surface area contributed by atoms with Crippen LogP contribution in [-0.2, 0) is 4.79 Å². The van der Waals surface area contributed by atoms with Crippen molar-refractivity contribution in [2.24, 2.45) is 5.92 Å². The minimum atomic E-state index is -4.16. The first-order chi connectivity index (χ1) is 7.88. The molecule has 18 heavy (non-hydrogen) atoms. The Morgan fingerprint density at radius 2 is 2.06 bits per heavy atom. The fourth-order valence-electron chi connectivity index (χ4n) is 1.56. The van der Waals surface area contributed by atoms with Crippen LogP contribution in [0.3, 0.4) is 0 Å². The summed E-state index contributed by atoms with van der Waals surface area (Å²) in [5, 5.41) is 5.70. The highest BCUT2D eigenvalue weighted by Gasteiger charge is 2.29. The number of carbonyl (C=O) groups excluding carboxylic acids is 1. The van der Waals surface area contributed by atoms with Gasteiger partial charge in [-0.1, -0.05) is 0 Å². The van der Waals surface area contributed by atoms with Gasteiger partial charge in [-0.15, -0.1) is 12.4 Å². The molecular weight excluding hydrogens is 271 g/mol. The van der Waals surface area contributed by atoms with Gasteiger partial charge in [0.15, 0.2) is 0 Å². The van der Waals surface area contributed by atoms with Gasteiger partial charge in [0.25, 0.3) is 0 Å². The van der Waals surface area contributed by atoms with Crippen LogP contribution in [-0.4, -0.2) is 56.8 Å². The molecule has 1 fully saturated rings. The lowest BCUT2D eigenvalue weighted by Gasteiger charge is -2.26. The molecule has 0 unspecified atom stereocenters. The van der Waals surface area contributed by atoms with Crippen LogP contribution in [0.2, 0.25) is 0 Å². The fraction of sp³-hybridized carbons (Fsp3) is 0.900. The average molecular weight is 290 g/mol. The van der Waals surface area contributed by atoms with E-state index >= 15 is 0 Å². The number of amides is 1. The number of hydrogen-bond acceptors (Lipinski definition) is 3. The molecule has 1 amide bonds. The Morgan fingerprint density at radius 3 is 2.50 bits per heavy atom. The molecule has 8 heteroatoms. The van der Waals surface area contributed by atoms with Crippen molar-refractivity contribution in [3.8, 4) is 0 Å². The molecular formula is C10H19ClF3N3O. The second kappa shape index (κ2) is 7.81. The van der Waals surface area contributed by atoms with Crippen LogP contribution in [0.1, 0.15) is 6.42 Å². The van der Waals surface area contributed by atoms with Crippen LogP contribution in [0.4, 0.5) is 13.2 Å². The third-order valence-electron chi connectivity index (χ3n) is 2.62. The fourth-order valence-corrected chi connectivity index (χ4v) is 1.56. The molecule has 1 saturated heterocycles. The van der Waals surface area contributed by atoms with Crippen molar-refractivity contribution in [1.82, 2.24) is 15.5 Å². The molecule has 0 atom stereocenters. The van der Waals surface area contributed by atoms with E-state index in [9.17, 15) is 18.0 Å². The maximum absolute atomic E-state index is 12.0. The Hall–Kier alpha value is -0.530. The molecule has 108 valence electrons. The quantitative estimate of drug-likeness (QED) is 0.705. The summed E-state index contributed by atoms with van der Waals surface area (Å²) in [6.07, 6.45) is -3.63. The van der Waals surface area contributed by atoms with Crippen molar-refractivity contribution >= 4 is 18.3 Å². The molecule has 1 aliphatic rings. The number of hydrogen-bond donors (Lipinski definition) is 2. The molecule has 1 rings (SSSR count). The predicted octanol–water partition coefficient (Wildman–Crippen LogP) is 0.628. The Labute approximate surface area is 111 Å². The summed E-state index contributed by atoms with van der Waals surface area (Å²) < 4.78 is 36.0. The summed E-state index contributed by atoms with van der Waals surface area (Å²) in [6, 6.07) is 0. The summed E-state index contributed by atoms with van der Waals surface area (Å²) >= 11 is 0. The number of carbonyl (C=O) groups is 1. The molecule has 1 heterocycles. The van der Waals surface area contributed by atoms with E-state index in [1.807, 2.05) is 0 Å². The van der Waals surface area contributed by atoms with Crippen molar-refractivity contribution in [2.45, 2.75) is 12.6 Å². The van der Waals surface area contributed by atoms with Crippen LogP contribution >= 0.6 is 12.4 Å². The lowest BCUT2D eigenvalue weighted by molar-refractivity contribution is -0.143. The van der Waals surface area contributed by atoms with Crippen molar-refractivity contribution in [3.05, 3.63) is 0 Å². The first-order valence-corrected chi connectivity index (χ1v) is 5.62. The molecule has 0 aromatic heterocycles. The normalized spacial score (nSPS) is 16.1. The summed E-state index contributed by atoms with van der Waals surface area (Å²) in [7, 11) is 1.42. The minimum absolute atomic E-state index is 0. The van der Waals surface area contributed by atoms with Crippen LogP contribution in [0, 0.1) is 5.92 Å². The van der Waals surface area contributed by atoms with Gasteiger partial charge in [0.2, 0.25) is 5.91 Å². The highest BCUT2D eigenvalue weighted by atomic mass is 35.5. The van der Waals surface area contributed by atoms with Gasteiger partial charge in [0.05, 0.1) is 12.5 Å². The van der Waals surface area contributed by atoms with Crippen LogP contribution in [0.5, 0.6) is 0 Å². The van der Waals surface area contributed by atoms with Gasteiger partial charge >= 0.3 is 6.18 Å². The summed E-state index contributed by atoms with van der Waals surface area (Å²) in [5.74, 6) is 0.0186. The number of halogens is 4. The molecule has 0 saturated carbocycles. The van der Waals surface area contributed by atoms with E-state index in [0.29, 0.717) is 32.6 Å². The zero-order valence-corrected chi connectivity index (χ0v) is 11.0. The largest absolute Gasteiger partial charge is 0.401 e. The van der Waals surface area contributed by atoms with Crippen molar-refractivity contribution in [2.75, 3.05) is 39.8 Å². The van der Waals surface area contributed by atoms with Gasteiger partial charge in [-0.05, 0) is 20.0 Å². The van der Waals surface area contributed by atoms with Gasteiger partial charge in [0, 0.05) is 19.6 Å². The van der Waals surface area contributed by atoms with Crippen LogP contribution in [0.15, 0.2) is 0 Å². The van der Waals surface area contributed by atoms with Gasteiger partial charge in [-0.25, -0.2) is 0 Å². The molecule has 2 N–H and O–H groups in total. The van der Waals surface area contributed by atoms with E-state index in [0.717, 1.165) is 0 Å². The minimum Gasteiger partial charge on any atom is -0.356 e. The van der Waals surface area contributed by atoms with Crippen molar-refractivity contribution in [1.29, 1.82) is 0 Å². The van der Waals surface area contributed by atoms with E-state index in [4.69, 9.17) is 0 Å². The van der Waals surface area contributed by atoms with Crippen LogP contribution < -0.4 is 10.6 Å². The number of alkyl halides is 3. The smallest absolute Gasteiger partial charge is 0.356 e.